The molecule has 0 aromatic heterocycles. The molecule has 1 amide bonds. The van der Waals surface area contributed by atoms with Gasteiger partial charge in [0.25, 0.3) is 0 Å². The molecule has 2 atom stereocenters. The third-order valence-electron chi connectivity index (χ3n) is 5.64. The van der Waals surface area contributed by atoms with E-state index >= 15 is 0 Å². The molecular formula is C19H29ClN2O2. The Balaban J connectivity index is 0.00000208. The largest absolute Gasteiger partial charge is 0.497 e. The Kier molecular flexibility index (Phi) is 6.53. The molecule has 0 unspecified atom stereocenters. The van der Waals surface area contributed by atoms with Crippen LogP contribution in [0.2, 0.25) is 0 Å². The first kappa shape index (κ1) is 19.1. The second kappa shape index (κ2) is 8.21. The Hall–Kier alpha value is -1.26. The van der Waals surface area contributed by atoms with Crippen LogP contribution in [-0.4, -0.2) is 19.1 Å². The van der Waals surface area contributed by atoms with E-state index in [1.165, 1.54) is 5.56 Å². The summed E-state index contributed by atoms with van der Waals surface area (Å²) in [6, 6.07) is 8.33. The summed E-state index contributed by atoms with van der Waals surface area (Å²) in [7, 11) is 1.67. The number of carbonyl (C=O) groups is 1. The highest BCUT2D eigenvalue weighted by Gasteiger charge is 2.38. The standard InChI is InChI=1S/C19H28N2O2.ClH/c1-23-16-9-7-15(8-10-16)19(11-2-3-12-19)21-18(22)13-14-5-4-6-17(14)20;/h7-10,14,17H,2-6,11-13,20H2,1H3,(H,21,22);1H/t14-,17+;/m0./s1. The minimum atomic E-state index is -0.202. The molecular weight excluding hydrogens is 324 g/mol. The molecule has 0 heterocycles. The van der Waals surface area contributed by atoms with Crippen LogP contribution < -0.4 is 15.8 Å². The molecule has 2 aliphatic carbocycles. The van der Waals surface area contributed by atoms with Crippen molar-refractivity contribution in [3.8, 4) is 5.75 Å². The van der Waals surface area contributed by atoms with E-state index in [0.717, 1.165) is 50.7 Å². The van der Waals surface area contributed by atoms with Crippen molar-refractivity contribution in [3.05, 3.63) is 29.8 Å². The Bertz CT molecular complexity index is 541. The average Bonchev–Trinajstić information content (AvgIpc) is 3.18. The van der Waals surface area contributed by atoms with Gasteiger partial charge in [-0.05, 0) is 49.3 Å². The maximum absolute atomic E-state index is 12.6. The van der Waals surface area contributed by atoms with Gasteiger partial charge < -0.3 is 15.8 Å². The molecule has 0 aliphatic heterocycles. The number of methoxy groups -OCH3 is 1. The number of carbonyl (C=O) groups excluding carboxylic acids is 1. The number of hydrogen-bond donors (Lipinski definition) is 2. The summed E-state index contributed by atoms with van der Waals surface area (Å²) in [5.74, 6) is 1.36. The molecule has 1 aromatic carbocycles. The summed E-state index contributed by atoms with van der Waals surface area (Å²) in [4.78, 5) is 12.6. The fourth-order valence-corrected chi connectivity index (χ4v) is 4.25. The number of benzene rings is 1. The van der Waals surface area contributed by atoms with Crippen molar-refractivity contribution in [1.82, 2.24) is 5.32 Å². The summed E-state index contributed by atoms with van der Waals surface area (Å²) in [6.45, 7) is 0. The van der Waals surface area contributed by atoms with E-state index in [9.17, 15) is 4.79 Å². The molecule has 5 heteroatoms. The van der Waals surface area contributed by atoms with Crippen molar-refractivity contribution in [2.75, 3.05) is 7.11 Å². The predicted octanol–water partition coefficient (Wildman–Crippen LogP) is 3.52. The molecule has 2 aliphatic rings. The van der Waals surface area contributed by atoms with Gasteiger partial charge in [-0.2, -0.15) is 0 Å². The highest BCUT2D eigenvalue weighted by Crippen LogP contribution is 2.39. The number of hydrogen-bond acceptors (Lipinski definition) is 3. The third kappa shape index (κ3) is 4.04. The average molecular weight is 353 g/mol. The van der Waals surface area contributed by atoms with Crippen molar-refractivity contribution in [2.45, 2.75) is 62.9 Å². The molecule has 0 bridgehead atoms. The zero-order chi connectivity index (χ0) is 16.3. The number of nitrogens with one attached hydrogen (secondary N) is 1. The number of rotatable bonds is 5. The van der Waals surface area contributed by atoms with Gasteiger partial charge in [0, 0.05) is 12.5 Å². The van der Waals surface area contributed by atoms with Gasteiger partial charge >= 0.3 is 0 Å². The molecule has 2 fully saturated rings. The van der Waals surface area contributed by atoms with Gasteiger partial charge in [0.2, 0.25) is 5.91 Å². The second-order valence-corrected chi connectivity index (χ2v) is 7.12. The molecule has 24 heavy (non-hydrogen) atoms. The summed E-state index contributed by atoms with van der Waals surface area (Å²) in [6.07, 6.45) is 8.22. The van der Waals surface area contributed by atoms with Crippen LogP contribution >= 0.6 is 12.4 Å². The van der Waals surface area contributed by atoms with Crippen LogP contribution in [0.15, 0.2) is 24.3 Å². The Morgan fingerprint density at radius 2 is 1.88 bits per heavy atom. The van der Waals surface area contributed by atoms with E-state index in [4.69, 9.17) is 10.5 Å². The monoisotopic (exact) mass is 352 g/mol. The first-order chi connectivity index (χ1) is 11.1. The van der Waals surface area contributed by atoms with Gasteiger partial charge in [-0.1, -0.05) is 31.4 Å². The molecule has 3 N–H and O–H groups in total. The normalized spacial score (nSPS) is 25.1. The fourth-order valence-electron chi connectivity index (χ4n) is 4.25. The quantitative estimate of drug-likeness (QED) is 0.852. The summed E-state index contributed by atoms with van der Waals surface area (Å²) in [5, 5.41) is 3.36. The van der Waals surface area contributed by atoms with Gasteiger partial charge in [0.05, 0.1) is 12.6 Å². The summed E-state index contributed by atoms with van der Waals surface area (Å²) >= 11 is 0. The van der Waals surface area contributed by atoms with E-state index in [2.05, 4.69) is 17.4 Å². The SMILES string of the molecule is COc1ccc(C2(NC(=O)C[C@@H]3CCC[C@H]3N)CCCC2)cc1.Cl. The predicted molar refractivity (Wildman–Crippen MR) is 98.5 cm³/mol. The maximum Gasteiger partial charge on any atom is 0.221 e. The lowest BCUT2D eigenvalue weighted by Gasteiger charge is -2.32. The fraction of sp³-hybridized carbons (Fsp3) is 0.632. The molecule has 3 rings (SSSR count). The van der Waals surface area contributed by atoms with Crippen LogP contribution in [0.3, 0.4) is 0 Å². The number of halogens is 1. The van der Waals surface area contributed by atoms with Crippen molar-refractivity contribution < 1.29 is 9.53 Å². The lowest BCUT2D eigenvalue weighted by Crippen LogP contribution is -2.45. The van der Waals surface area contributed by atoms with Crippen LogP contribution in [0.5, 0.6) is 5.75 Å². The van der Waals surface area contributed by atoms with Crippen LogP contribution in [-0.2, 0) is 10.3 Å². The van der Waals surface area contributed by atoms with Crippen molar-refractivity contribution in [3.63, 3.8) is 0 Å². The molecule has 0 spiro atoms. The highest BCUT2D eigenvalue weighted by atomic mass is 35.5. The van der Waals surface area contributed by atoms with Crippen LogP contribution in [0, 0.1) is 5.92 Å². The Morgan fingerprint density at radius 3 is 2.42 bits per heavy atom. The van der Waals surface area contributed by atoms with Crippen LogP contribution in [0.4, 0.5) is 0 Å². The zero-order valence-electron chi connectivity index (χ0n) is 14.4. The van der Waals surface area contributed by atoms with Gasteiger partial charge in [0.1, 0.15) is 5.75 Å². The highest BCUT2D eigenvalue weighted by molar-refractivity contribution is 5.85. The Labute approximate surface area is 150 Å². The molecule has 0 saturated heterocycles. The van der Waals surface area contributed by atoms with Crippen molar-refractivity contribution in [2.24, 2.45) is 11.7 Å². The molecule has 4 nitrogen and oxygen atoms in total. The van der Waals surface area contributed by atoms with E-state index in [0.29, 0.717) is 12.3 Å². The molecule has 1 aromatic rings. The Morgan fingerprint density at radius 1 is 1.21 bits per heavy atom. The number of nitrogens with two attached hydrogens (primary N) is 1. The molecule has 0 radical (unpaired) electrons. The maximum atomic E-state index is 12.6. The minimum Gasteiger partial charge on any atom is -0.497 e. The summed E-state index contributed by atoms with van der Waals surface area (Å²) in [5.41, 5.74) is 7.11. The lowest BCUT2D eigenvalue weighted by molar-refractivity contribution is -0.124. The first-order valence-corrected chi connectivity index (χ1v) is 8.84. The van der Waals surface area contributed by atoms with Gasteiger partial charge in [-0.25, -0.2) is 0 Å². The summed E-state index contributed by atoms with van der Waals surface area (Å²) < 4.78 is 5.25. The smallest absolute Gasteiger partial charge is 0.221 e. The van der Waals surface area contributed by atoms with E-state index in [1.807, 2.05) is 12.1 Å². The van der Waals surface area contributed by atoms with Crippen molar-refractivity contribution in [1.29, 1.82) is 0 Å². The third-order valence-corrected chi connectivity index (χ3v) is 5.64. The molecule has 134 valence electrons. The topological polar surface area (TPSA) is 64.3 Å². The first-order valence-electron chi connectivity index (χ1n) is 8.84. The molecule has 2 saturated carbocycles. The van der Waals surface area contributed by atoms with Gasteiger partial charge in [-0.15, -0.1) is 12.4 Å². The van der Waals surface area contributed by atoms with E-state index in [1.54, 1.807) is 7.11 Å². The van der Waals surface area contributed by atoms with Gasteiger partial charge in [-0.3, -0.25) is 4.79 Å². The van der Waals surface area contributed by atoms with Gasteiger partial charge in [0.15, 0.2) is 0 Å². The minimum absolute atomic E-state index is 0. The van der Waals surface area contributed by atoms with Crippen molar-refractivity contribution >= 4 is 18.3 Å². The second-order valence-electron chi connectivity index (χ2n) is 7.12. The zero-order valence-corrected chi connectivity index (χ0v) is 15.2. The lowest BCUT2D eigenvalue weighted by atomic mass is 9.87. The van der Waals surface area contributed by atoms with Crippen LogP contribution in [0.1, 0.15) is 56.9 Å². The van der Waals surface area contributed by atoms with Crippen LogP contribution in [0.25, 0.3) is 0 Å². The van der Waals surface area contributed by atoms with E-state index in [-0.39, 0.29) is 29.9 Å². The van der Waals surface area contributed by atoms with E-state index < -0.39 is 0 Å². The number of ether oxygens (including phenoxy) is 1. The number of amides is 1.